The zero-order valence-corrected chi connectivity index (χ0v) is 13.9. The molecule has 2 aromatic rings. The summed E-state index contributed by atoms with van der Waals surface area (Å²) in [7, 11) is -3.62. The van der Waals surface area contributed by atoms with Crippen LogP contribution in [0.5, 0.6) is 0 Å². The molecule has 2 N–H and O–H groups in total. The second-order valence-corrected chi connectivity index (χ2v) is 7.08. The first-order valence-electron chi connectivity index (χ1n) is 6.42. The highest BCUT2D eigenvalue weighted by atomic mass is 79.9. The molecule has 0 unspecified atom stereocenters. The number of sulfonamides is 1. The lowest BCUT2D eigenvalue weighted by molar-refractivity contribution is -0.116. The van der Waals surface area contributed by atoms with Gasteiger partial charge in [0.25, 0.3) is 0 Å². The number of anilines is 1. The highest BCUT2D eigenvalue weighted by Gasteiger charge is 2.14. The van der Waals surface area contributed by atoms with Crippen molar-refractivity contribution in [1.29, 1.82) is 0 Å². The molecule has 0 atom stereocenters. The Balaban J connectivity index is 1.86. The van der Waals surface area contributed by atoms with Gasteiger partial charge in [-0.15, -0.1) is 0 Å². The molecular formula is C14H14BrN3O3S. The van der Waals surface area contributed by atoms with Gasteiger partial charge in [0, 0.05) is 23.6 Å². The van der Waals surface area contributed by atoms with Crippen LogP contribution < -0.4 is 10.0 Å². The average Bonchev–Trinajstić information content (AvgIpc) is 2.48. The highest BCUT2D eigenvalue weighted by Crippen LogP contribution is 2.15. The molecule has 0 aliphatic carbocycles. The minimum atomic E-state index is -3.62. The molecule has 0 aliphatic heterocycles. The van der Waals surface area contributed by atoms with Crippen LogP contribution in [0.4, 0.5) is 5.69 Å². The summed E-state index contributed by atoms with van der Waals surface area (Å²) in [6.45, 7) is 0.0148. The number of nitrogens with one attached hydrogen (secondary N) is 2. The van der Waals surface area contributed by atoms with Gasteiger partial charge in [-0.2, -0.15) is 0 Å². The van der Waals surface area contributed by atoms with Crippen molar-refractivity contribution in [3.8, 4) is 0 Å². The maximum Gasteiger partial charge on any atom is 0.240 e. The molecule has 6 nitrogen and oxygen atoms in total. The van der Waals surface area contributed by atoms with Crippen molar-refractivity contribution >= 4 is 37.5 Å². The third kappa shape index (κ3) is 4.90. The number of pyridine rings is 1. The Bertz CT molecular complexity index is 751. The van der Waals surface area contributed by atoms with E-state index in [4.69, 9.17) is 0 Å². The van der Waals surface area contributed by atoms with Crippen molar-refractivity contribution in [2.75, 3.05) is 11.9 Å². The zero-order valence-electron chi connectivity index (χ0n) is 11.5. The number of hydrogen-bond donors (Lipinski definition) is 2. The molecular weight excluding hydrogens is 370 g/mol. The molecule has 116 valence electrons. The Hall–Kier alpha value is -1.77. The van der Waals surface area contributed by atoms with Crippen LogP contribution in [-0.4, -0.2) is 25.9 Å². The van der Waals surface area contributed by atoms with E-state index < -0.39 is 10.0 Å². The van der Waals surface area contributed by atoms with Gasteiger partial charge >= 0.3 is 0 Å². The summed E-state index contributed by atoms with van der Waals surface area (Å²) in [6.07, 6.45) is 3.15. The molecule has 0 bridgehead atoms. The van der Waals surface area contributed by atoms with E-state index in [9.17, 15) is 13.2 Å². The van der Waals surface area contributed by atoms with Gasteiger partial charge in [0.1, 0.15) is 0 Å². The monoisotopic (exact) mass is 383 g/mol. The molecule has 0 aliphatic rings. The summed E-state index contributed by atoms with van der Waals surface area (Å²) in [6, 6.07) is 9.76. The standard InChI is InChI=1S/C14H14BrN3O3S/c15-11-3-1-5-13(9-11)22(20,21)17-8-6-14(19)18-12-4-2-7-16-10-12/h1-5,7,9-10,17H,6,8H2,(H,18,19). The van der Waals surface area contributed by atoms with Gasteiger partial charge in [0.15, 0.2) is 0 Å². The fourth-order valence-corrected chi connectivity index (χ4v) is 3.30. The SMILES string of the molecule is O=C(CCNS(=O)(=O)c1cccc(Br)c1)Nc1cccnc1. The number of nitrogens with zero attached hydrogens (tertiary/aromatic N) is 1. The van der Waals surface area contributed by atoms with Gasteiger partial charge in [-0.1, -0.05) is 22.0 Å². The smallest absolute Gasteiger partial charge is 0.240 e. The van der Waals surface area contributed by atoms with Crippen molar-refractivity contribution in [2.45, 2.75) is 11.3 Å². The second kappa shape index (κ2) is 7.48. The largest absolute Gasteiger partial charge is 0.325 e. The van der Waals surface area contributed by atoms with Crippen LogP contribution in [0.2, 0.25) is 0 Å². The molecule has 2 rings (SSSR count). The average molecular weight is 384 g/mol. The molecule has 1 aromatic heterocycles. The topological polar surface area (TPSA) is 88.2 Å². The minimum absolute atomic E-state index is 0.0148. The second-order valence-electron chi connectivity index (χ2n) is 4.40. The number of rotatable bonds is 6. The Morgan fingerprint density at radius 1 is 1.23 bits per heavy atom. The first kappa shape index (κ1) is 16.6. The Labute approximate surface area is 137 Å². The van der Waals surface area contributed by atoms with E-state index in [1.165, 1.54) is 18.3 Å². The molecule has 1 amide bonds. The maximum atomic E-state index is 12.1. The lowest BCUT2D eigenvalue weighted by Crippen LogP contribution is -2.27. The maximum absolute atomic E-state index is 12.1. The van der Waals surface area contributed by atoms with Gasteiger partial charge in [0.2, 0.25) is 15.9 Å². The van der Waals surface area contributed by atoms with Gasteiger partial charge in [-0.3, -0.25) is 9.78 Å². The van der Waals surface area contributed by atoms with Crippen LogP contribution in [0, 0.1) is 0 Å². The predicted molar refractivity (Wildman–Crippen MR) is 86.8 cm³/mol. The number of halogens is 1. The van der Waals surface area contributed by atoms with E-state index in [0.29, 0.717) is 10.2 Å². The van der Waals surface area contributed by atoms with Crippen molar-refractivity contribution in [1.82, 2.24) is 9.71 Å². The first-order chi connectivity index (χ1) is 10.5. The van der Waals surface area contributed by atoms with E-state index >= 15 is 0 Å². The van der Waals surface area contributed by atoms with Crippen LogP contribution in [0.1, 0.15) is 6.42 Å². The Morgan fingerprint density at radius 3 is 2.73 bits per heavy atom. The molecule has 0 saturated heterocycles. The van der Waals surface area contributed by atoms with Crippen molar-refractivity contribution < 1.29 is 13.2 Å². The molecule has 22 heavy (non-hydrogen) atoms. The number of benzene rings is 1. The lowest BCUT2D eigenvalue weighted by Gasteiger charge is -2.07. The van der Waals surface area contributed by atoms with E-state index in [1.807, 2.05) is 0 Å². The fraction of sp³-hybridized carbons (Fsp3) is 0.143. The molecule has 1 heterocycles. The van der Waals surface area contributed by atoms with Gasteiger partial charge in [0.05, 0.1) is 16.8 Å². The number of carbonyl (C=O) groups is 1. The molecule has 0 radical (unpaired) electrons. The normalized spacial score (nSPS) is 11.1. The number of amides is 1. The third-order valence-corrected chi connectivity index (χ3v) is 4.65. The van der Waals surface area contributed by atoms with Crippen LogP contribution in [0.15, 0.2) is 58.2 Å². The summed E-state index contributed by atoms with van der Waals surface area (Å²) in [4.78, 5) is 15.7. The van der Waals surface area contributed by atoms with Crippen molar-refractivity contribution in [3.63, 3.8) is 0 Å². The lowest BCUT2D eigenvalue weighted by atomic mass is 10.3. The summed E-state index contributed by atoms with van der Waals surface area (Å²) in [5.74, 6) is -0.287. The summed E-state index contributed by atoms with van der Waals surface area (Å²) >= 11 is 3.22. The number of aromatic nitrogens is 1. The number of carbonyl (C=O) groups excluding carboxylic acids is 1. The van der Waals surface area contributed by atoms with Gasteiger partial charge in [-0.05, 0) is 30.3 Å². The summed E-state index contributed by atoms with van der Waals surface area (Å²) in [5, 5.41) is 2.63. The molecule has 1 aromatic carbocycles. The van der Waals surface area contributed by atoms with Crippen LogP contribution in [-0.2, 0) is 14.8 Å². The van der Waals surface area contributed by atoms with Crippen LogP contribution in [0.25, 0.3) is 0 Å². The predicted octanol–water partition coefficient (Wildman–Crippen LogP) is 2.15. The quantitative estimate of drug-likeness (QED) is 0.799. The Morgan fingerprint density at radius 2 is 2.05 bits per heavy atom. The third-order valence-electron chi connectivity index (χ3n) is 2.70. The fourth-order valence-electron chi connectivity index (χ4n) is 1.68. The minimum Gasteiger partial charge on any atom is -0.325 e. The van der Waals surface area contributed by atoms with Crippen molar-refractivity contribution in [2.24, 2.45) is 0 Å². The zero-order chi connectivity index (χ0) is 16.0. The van der Waals surface area contributed by atoms with Gasteiger partial charge < -0.3 is 5.32 Å². The van der Waals surface area contributed by atoms with E-state index in [0.717, 1.165) is 0 Å². The molecule has 8 heteroatoms. The van der Waals surface area contributed by atoms with Gasteiger partial charge in [-0.25, -0.2) is 13.1 Å². The van der Waals surface area contributed by atoms with Crippen molar-refractivity contribution in [3.05, 3.63) is 53.3 Å². The summed E-state index contributed by atoms with van der Waals surface area (Å²) in [5.41, 5.74) is 0.572. The Kier molecular flexibility index (Phi) is 5.64. The van der Waals surface area contributed by atoms with E-state index in [2.05, 4.69) is 31.0 Å². The number of hydrogen-bond acceptors (Lipinski definition) is 4. The highest BCUT2D eigenvalue weighted by molar-refractivity contribution is 9.10. The summed E-state index contributed by atoms with van der Waals surface area (Å²) < 4.78 is 27.2. The first-order valence-corrected chi connectivity index (χ1v) is 8.70. The van der Waals surface area contributed by atoms with E-state index in [-0.39, 0.29) is 23.8 Å². The molecule has 0 fully saturated rings. The van der Waals surface area contributed by atoms with Crippen LogP contribution in [0.3, 0.4) is 0 Å². The van der Waals surface area contributed by atoms with Crippen LogP contribution >= 0.6 is 15.9 Å². The molecule has 0 saturated carbocycles. The molecule has 0 spiro atoms. The van der Waals surface area contributed by atoms with E-state index in [1.54, 1.807) is 30.5 Å².